The van der Waals surface area contributed by atoms with E-state index in [9.17, 15) is 4.79 Å². The first-order chi connectivity index (χ1) is 6.18. The monoisotopic (exact) mass is 180 g/mol. The van der Waals surface area contributed by atoms with E-state index in [1.807, 2.05) is 31.2 Å². The first kappa shape index (κ1) is 9.54. The van der Waals surface area contributed by atoms with Crippen LogP contribution >= 0.6 is 0 Å². The zero-order chi connectivity index (χ0) is 9.68. The van der Waals surface area contributed by atoms with Crippen LogP contribution in [0.3, 0.4) is 0 Å². The van der Waals surface area contributed by atoms with Crippen LogP contribution in [-0.4, -0.2) is 11.2 Å². The molecule has 1 amide bonds. The average molecular weight is 180 g/mol. The number of benzene rings is 1. The van der Waals surface area contributed by atoms with Gasteiger partial charge in [0, 0.05) is 6.54 Å². The Hall–Kier alpha value is -1.55. The van der Waals surface area contributed by atoms with Gasteiger partial charge in [0.25, 0.3) is 0 Å². The van der Waals surface area contributed by atoms with Gasteiger partial charge in [-0.2, -0.15) is 0 Å². The Balaban J connectivity index is 2.37. The molecule has 1 rings (SSSR count). The molecule has 70 valence electrons. The Morgan fingerprint density at radius 1 is 1.38 bits per heavy atom. The minimum absolute atomic E-state index is 0.493. The summed E-state index contributed by atoms with van der Waals surface area (Å²) in [6.45, 7) is 2.50. The van der Waals surface area contributed by atoms with Crippen molar-refractivity contribution in [1.82, 2.24) is 10.9 Å². The topological polar surface area (TPSA) is 61.4 Å². The Kier molecular flexibility index (Phi) is 3.28. The Morgan fingerprint density at radius 2 is 2.00 bits per heavy atom. The molecule has 13 heavy (non-hydrogen) atoms. The smallest absolute Gasteiger partial charge is 0.419 e. The first-order valence-electron chi connectivity index (χ1n) is 3.96. The highest BCUT2D eigenvalue weighted by molar-refractivity contribution is 5.63. The molecule has 1 aromatic carbocycles. The van der Waals surface area contributed by atoms with Gasteiger partial charge >= 0.3 is 6.09 Å². The van der Waals surface area contributed by atoms with Crippen molar-refractivity contribution in [2.24, 2.45) is 0 Å². The maximum atomic E-state index is 10.1. The van der Waals surface area contributed by atoms with Crippen LogP contribution in [0, 0.1) is 6.92 Å². The summed E-state index contributed by atoms with van der Waals surface area (Å²) in [6, 6.07) is 7.87. The molecule has 4 heteroatoms. The van der Waals surface area contributed by atoms with E-state index in [-0.39, 0.29) is 0 Å². The number of rotatable bonds is 3. The predicted octanol–water partition coefficient (Wildman–Crippen LogP) is 1.27. The van der Waals surface area contributed by atoms with Gasteiger partial charge in [0.05, 0.1) is 0 Å². The summed E-state index contributed by atoms with van der Waals surface area (Å²) in [7, 11) is 0. The molecule has 0 aliphatic carbocycles. The lowest BCUT2D eigenvalue weighted by Crippen LogP contribution is -2.35. The van der Waals surface area contributed by atoms with E-state index >= 15 is 0 Å². The molecular formula is C9H12N2O2. The highest BCUT2D eigenvalue weighted by Gasteiger charge is 1.93. The third kappa shape index (κ3) is 3.57. The number of hydrazine groups is 1. The Morgan fingerprint density at radius 3 is 2.54 bits per heavy atom. The second kappa shape index (κ2) is 4.47. The Bertz CT molecular complexity index is 282. The van der Waals surface area contributed by atoms with Crippen molar-refractivity contribution in [2.45, 2.75) is 13.5 Å². The summed E-state index contributed by atoms with van der Waals surface area (Å²) < 4.78 is 0. The molecule has 1 aromatic rings. The fourth-order valence-corrected chi connectivity index (χ4v) is 0.928. The maximum absolute atomic E-state index is 10.1. The van der Waals surface area contributed by atoms with Crippen LogP contribution in [0.25, 0.3) is 0 Å². The van der Waals surface area contributed by atoms with Gasteiger partial charge in [-0.25, -0.2) is 10.2 Å². The standard InChI is InChI=1S/C9H12N2O2/c1-7-2-4-8(5-3-7)6-10-11-9(12)13/h2-5,10-11H,6H2,1H3,(H,12,13). The zero-order valence-corrected chi connectivity index (χ0v) is 7.37. The molecule has 0 aliphatic heterocycles. The summed E-state index contributed by atoms with van der Waals surface area (Å²) in [4.78, 5) is 10.1. The molecule has 0 fully saturated rings. The lowest BCUT2D eigenvalue weighted by molar-refractivity contribution is 0.189. The number of hydrogen-bond donors (Lipinski definition) is 3. The van der Waals surface area contributed by atoms with E-state index in [4.69, 9.17) is 5.11 Å². The highest BCUT2D eigenvalue weighted by Crippen LogP contribution is 2.01. The normalized spacial score (nSPS) is 9.62. The van der Waals surface area contributed by atoms with Gasteiger partial charge in [-0.1, -0.05) is 29.8 Å². The number of nitrogens with one attached hydrogen (secondary N) is 2. The van der Waals surface area contributed by atoms with E-state index < -0.39 is 6.09 Å². The van der Waals surface area contributed by atoms with Crippen LogP contribution in [0.15, 0.2) is 24.3 Å². The van der Waals surface area contributed by atoms with Gasteiger partial charge in [0.2, 0.25) is 0 Å². The van der Waals surface area contributed by atoms with Crippen LogP contribution in [0.4, 0.5) is 4.79 Å². The molecule has 0 unspecified atom stereocenters. The van der Waals surface area contributed by atoms with Crippen molar-refractivity contribution in [3.05, 3.63) is 35.4 Å². The molecule has 0 aliphatic rings. The lowest BCUT2D eigenvalue weighted by atomic mass is 10.1. The van der Waals surface area contributed by atoms with Crippen molar-refractivity contribution in [3.63, 3.8) is 0 Å². The second-order valence-electron chi connectivity index (χ2n) is 2.77. The summed E-state index contributed by atoms with van der Waals surface area (Å²) in [5, 5.41) is 8.26. The SMILES string of the molecule is Cc1ccc(CNNC(=O)O)cc1. The van der Waals surface area contributed by atoms with Gasteiger partial charge in [-0.05, 0) is 12.5 Å². The molecular weight excluding hydrogens is 168 g/mol. The Labute approximate surface area is 76.6 Å². The lowest BCUT2D eigenvalue weighted by Gasteiger charge is -2.03. The summed E-state index contributed by atoms with van der Waals surface area (Å²) in [5.41, 5.74) is 6.88. The number of amides is 1. The third-order valence-electron chi connectivity index (χ3n) is 1.61. The summed E-state index contributed by atoms with van der Waals surface area (Å²) in [6.07, 6.45) is -1.08. The van der Waals surface area contributed by atoms with Gasteiger partial charge in [-0.3, -0.25) is 5.43 Å². The van der Waals surface area contributed by atoms with Crippen LogP contribution in [0.5, 0.6) is 0 Å². The number of carbonyl (C=O) groups is 1. The fourth-order valence-electron chi connectivity index (χ4n) is 0.928. The first-order valence-corrected chi connectivity index (χ1v) is 3.96. The van der Waals surface area contributed by atoms with E-state index in [0.717, 1.165) is 5.56 Å². The van der Waals surface area contributed by atoms with Gasteiger partial charge in [0.1, 0.15) is 0 Å². The molecule has 0 heterocycles. The third-order valence-corrected chi connectivity index (χ3v) is 1.61. The molecule has 0 spiro atoms. The van der Waals surface area contributed by atoms with Crippen LogP contribution in [0.1, 0.15) is 11.1 Å². The number of carboxylic acid groups (broad SMARTS) is 1. The molecule has 0 atom stereocenters. The molecule has 0 saturated heterocycles. The molecule has 0 radical (unpaired) electrons. The van der Waals surface area contributed by atoms with Gasteiger partial charge < -0.3 is 5.11 Å². The largest absolute Gasteiger partial charge is 0.464 e. The van der Waals surface area contributed by atoms with E-state index in [1.54, 1.807) is 0 Å². The van der Waals surface area contributed by atoms with Crippen molar-refractivity contribution < 1.29 is 9.90 Å². The molecule has 3 N–H and O–H groups in total. The van der Waals surface area contributed by atoms with Crippen molar-refractivity contribution >= 4 is 6.09 Å². The highest BCUT2D eigenvalue weighted by atomic mass is 16.4. The molecule has 0 aromatic heterocycles. The van der Waals surface area contributed by atoms with Crippen LogP contribution in [0.2, 0.25) is 0 Å². The van der Waals surface area contributed by atoms with Crippen molar-refractivity contribution in [3.8, 4) is 0 Å². The average Bonchev–Trinajstić information content (AvgIpc) is 2.08. The van der Waals surface area contributed by atoms with E-state index in [2.05, 4.69) is 10.9 Å². The molecule has 0 saturated carbocycles. The van der Waals surface area contributed by atoms with Crippen molar-refractivity contribution in [2.75, 3.05) is 0 Å². The zero-order valence-electron chi connectivity index (χ0n) is 7.37. The predicted molar refractivity (Wildman–Crippen MR) is 49.2 cm³/mol. The fraction of sp³-hybridized carbons (Fsp3) is 0.222. The molecule has 4 nitrogen and oxygen atoms in total. The summed E-state index contributed by atoms with van der Waals surface area (Å²) in [5.74, 6) is 0. The second-order valence-corrected chi connectivity index (χ2v) is 2.77. The van der Waals surface area contributed by atoms with Crippen molar-refractivity contribution in [1.29, 1.82) is 0 Å². The number of hydrogen-bond acceptors (Lipinski definition) is 2. The van der Waals surface area contributed by atoms with E-state index in [1.165, 1.54) is 5.56 Å². The van der Waals surface area contributed by atoms with Crippen LogP contribution in [-0.2, 0) is 6.54 Å². The maximum Gasteiger partial charge on any atom is 0.419 e. The minimum Gasteiger partial charge on any atom is -0.464 e. The van der Waals surface area contributed by atoms with Gasteiger partial charge in [0.15, 0.2) is 0 Å². The quantitative estimate of drug-likeness (QED) is 0.614. The van der Waals surface area contributed by atoms with E-state index in [0.29, 0.717) is 6.54 Å². The number of aryl methyl sites for hydroxylation is 1. The summed E-state index contributed by atoms with van der Waals surface area (Å²) >= 11 is 0. The van der Waals surface area contributed by atoms with Crippen LogP contribution < -0.4 is 10.9 Å². The van der Waals surface area contributed by atoms with Gasteiger partial charge in [-0.15, -0.1) is 0 Å². The molecule has 0 bridgehead atoms. The minimum atomic E-state index is -1.08.